The SMILES string of the molecule is Nc1ccc(Cn2cc(Br)cc(Br)c2=O)c2ncccc12. The summed E-state index contributed by atoms with van der Waals surface area (Å²) in [6.07, 6.45) is 3.49. The average molecular weight is 409 g/mol. The molecule has 3 aromatic rings. The Bertz CT molecular complexity index is 890. The molecule has 0 aliphatic heterocycles. The van der Waals surface area contributed by atoms with Crippen LogP contribution in [0.2, 0.25) is 0 Å². The van der Waals surface area contributed by atoms with Gasteiger partial charge in [-0.15, -0.1) is 0 Å². The number of benzene rings is 1. The number of anilines is 1. The van der Waals surface area contributed by atoms with Crippen LogP contribution in [0.1, 0.15) is 5.56 Å². The molecule has 2 heterocycles. The Morgan fingerprint density at radius 2 is 2.05 bits per heavy atom. The fourth-order valence-electron chi connectivity index (χ4n) is 2.25. The molecule has 0 bridgehead atoms. The van der Waals surface area contributed by atoms with Crippen LogP contribution in [0.25, 0.3) is 10.9 Å². The van der Waals surface area contributed by atoms with E-state index < -0.39 is 0 Å². The van der Waals surface area contributed by atoms with Crippen LogP contribution in [-0.2, 0) is 6.54 Å². The van der Waals surface area contributed by atoms with Crippen LogP contribution in [-0.4, -0.2) is 9.55 Å². The molecule has 6 heteroatoms. The molecule has 0 saturated heterocycles. The maximum atomic E-state index is 12.2. The van der Waals surface area contributed by atoms with Crippen molar-refractivity contribution >= 4 is 48.5 Å². The summed E-state index contributed by atoms with van der Waals surface area (Å²) in [4.78, 5) is 16.6. The third-order valence-corrected chi connectivity index (χ3v) is 4.24. The molecule has 4 nitrogen and oxygen atoms in total. The van der Waals surface area contributed by atoms with Crippen LogP contribution >= 0.6 is 31.9 Å². The molecule has 0 amide bonds. The zero-order valence-corrected chi connectivity index (χ0v) is 14.1. The van der Waals surface area contributed by atoms with Gasteiger partial charge in [-0.3, -0.25) is 9.78 Å². The van der Waals surface area contributed by atoms with Crippen LogP contribution in [0, 0.1) is 0 Å². The molecule has 0 radical (unpaired) electrons. The van der Waals surface area contributed by atoms with Crippen LogP contribution in [0.4, 0.5) is 5.69 Å². The molecule has 106 valence electrons. The van der Waals surface area contributed by atoms with Crippen molar-refractivity contribution in [1.82, 2.24) is 9.55 Å². The van der Waals surface area contributed by atoms with Crippen molar-refractivity contribution in [3.63, 3.8) is 0 Å². The summed E-state index contributed by atoms with van der Waals surface area (Å²) in [6, 6.07) is 9.27. The Morgan fingerprint density at radius 1 is 1.24 bits per heavy atom. The molecular formula is C15H11Br2N3O. The van der Waals surface area contributed by atoms with Gasteiger partial charge in [-0.2, -0.15) is 0 Å². The molecule has 2 N–H and O–H groups in total. The van der Waals surface area contributed by atoms with Gasteiger partial charge in [0, 0.05) is 27.9 Å². The van der Waals surface area contributed by atoms with Crippen LogP contribution in [0.15, 0.2) is 56.5 Å². The number of hydrogen-bond acceptors (Lipinski definition) is 3. The first-order chi connectivity index (χ1) is 10.1. The number of rotatable bonds is 2. The Hall–Kier alpha value is -1.66. The quantitative estimate of drug-likeness (QED) is 0.659. The van der Waals surface area contributed by atoms with E-state index in [-0.39, 0.29) is 5.56 Å². The monoisotopic (exact) mass is 407 g/mol. The lowest BCUT2D eigenvalue weighted by atomic mass is 10.1. The van der Waals surface area contributed by atoms with Crippen molar-refractivity contribution < 1.29 is 0 Å². The van der Waals surface area contributed by atoms with Crippen LogP contribution < -0.4 is 11.3 Å². The molecule has 0 atom stereocenters. The second-order valence-electron chi connectivity index (χ2n) is 4.65. The highest BCUT2D eigenvalue weighted by Crippen LogP contribution is 2.23. The first kappa shape index (κ1) is 14.3. The summed E-state index contributed by atoms with van der Waals surface area (Å²) in [7, 11) is 0. The molecule has 0 saturated carbocycles. The number of pyridine rings is 2. The maximum absolute atomic E-state index is 12.2. The van der Waals surface area contributed by atoms with E-state index >= 15 is 0 Å². The van der Waals surface area contributed by atoms with E-state index in [2.05, 4.69) is 36.8 Å². The highest BCUT2D eigenvalue weighted by atomic mass is 79.9. The van der Waals surface area contributed by atoms with Gasteiger partial charge in [0.2, 0.25) is 0 Å². The number of halogens is 2. The largest absolute Gasteiger partial charge is 0.398 e. The third-order valence-electron chi connectivity index (χ3n) is 3.24. The molecule has 0 aliphatic carbocycles. The van der Waals surface area contributed by atoms with Crippen LogP contribution in [0.5, 0.6) is 0 Å². The van der Waals surface area contributed by atoms with Gasteiger partial charge in [0.15, 0.2) is 0 Å². The predicted molar refractivity (Wildman–Crippen MR) is 91.4 cm³/mol. The first-order valence-electron chi connectivity index (χ1n) is 6.24. The van der Waals surface area contributed by atoms with E-state index in [1.807, 2.05) is 24.3 Å². The third kappa shape index (κ3) is 2.73. The zero-order chi connectivity index (χ0) is 15.0. The van der Waals surface area contributed by atoms with Gasteiger partial charge < -0.3 is 10.3 Å². The van der Waals surface area contributed by atoms with Gasteiger partial charge in [-0.1, -0.05) is 6.07 Å². The number of nitrogen functional groups attached to an aromatic ring is 1. The van der Waals surface area contributed by atoms with Crippen molar-refractivity contribution in [3.05, 3.63) is 67.6 Å². The highest BCUT2D eigenvalue weighted by molar-refractivity contribution is 9.11. The Kier molecular flexibility index (Phi) is 3.82. The number of aromatic nitrogens is 2. The Labute approximate surface area is 137 Å². The van der Waals surface area contributed by atoms with Crippen molar-refractivity contribution in [3.8, 4) is 0 Å². The molecule has 3 rings (SSSR count). The number of hydrogen-bond donors (Lipinski definition) is 1. The molecule has 0 spiro atoms. The minimum absolute atomic E-state index is 0.0842. The lowest BCUT2D eigenvalue weighted by Crippen LogP contribution is -2.20. The first-order valence-corrected chi connectivity index (χ1v) is 7.82. The van der Waals surface area contributed by atoms with E-state index in [9.17, 15) is 4.79 Å². The van der Waals surface area contributed by atoms with Crippen molar-refractivity contribution in [2.45, 2.75) is 6.54 Å². The summed E-state index contributed by atoms with van der Waals surface area (Å²) in [5.74, 6) is 0. The van der Waals surface area contributed by atoms with Crippen LogP contribution in [0.3, 0.4) is 0 Å². The predicted octanol–water partition coefficient (Wildman–Crippen LogP) is 3.55. The van der Waals surface area contributed by atoms with Gasteiger partial charge >= 0.3 is 0 Å². The van der Waals surface area contributed by atoms with Crippen molar-refractivity contribution in [2.24, 2.45) is 0 Å². The van der Waals surface area contributed by atoms with E-state index in [0.717, 1.165) is 20.9 Å². The van der Waals surface area contributed by atoms with Gasteiger partial charge in [0.25, 0.3) is 5.56 Å². The van der Waals surface area contributed by atoms with E-state index in [0.29, 0.717) is 16.7 Å². The fourth-order valence-corrected chi connectivity index (χ4v) is 3.50. The lowest BCUT2D eigenvalue weighted by molar-refractivity contribution is 0.755. The van der Waals surface area contributed by atoms with Crippen molar-refractivity contribution in [2.75, 3.05) is 5.73 Å². The summed E-state index contributed by atoms with van der Waals surface area (Å²) in [5, 5.41) is 0.900. The Morgan fingerprint density at radius 3 is 2.86 bits per heavy atom. The molecule has 21 heavy (non-hydrogen) atoms. The van der Waals surface area contributed by atoms with Gasteiger partial charge in [-0.25, -0.2) is 0 Å². The van der Waals surface area contributed by atoms with E-state index in [4.69, 9.17) is 5.73 Å². The smallest absolute Gasteiger partial charge is 0.265 e. The summed E-state index contributed by atoms with van der Waals surface area (Å²) < 4.78 is 2.99. The standard InChI is InChI=1S/C15H11Br2N3O/c16-10-6-12(17)15(21)20(8-10)7-9-3-4-13(18)11-2-1-5-19-14(9)11/h1-6,8H,7,18H2. The minimum Gasteiger partial charge on any atom is -0.398 e. The normalized spacial score (nSPS) is 11.0. The molecule has 0 aliphatic rings. The number of nitrogens with two attached hydrogens (primary N) is 1. The second-order valence-corrected chi connectivity index (χ2v) is 6.42. The molecular weight excluding hydrogens is 398 g/mol. The minimum atomic E-state index is -0.0842. The van der Waals surface area contributed by atoms with Gasteiger partial charge in [0.1, 0.15) is 0 Å². The topological polar surface area (TPSA) is 60.9 Å². The molecule has 0 unspecified atom stereocenters. The summed E-state index contributed by atoms with van der Waals surface area (Å²) >= 11 is 6.67. The van der Waals surface area contributed by atoms with E-state index in [1.54, 1.807) is 23.0 Å². The van der Waals surface area contributed by atoms with Crippen molar-refractivity contribution in [1.29, 1.82) is 0 Å². The maximum Gasteiger partial charge on any atom is 0.265 e. The summed E-state index contributed by atoms with van der Waals surface area (Å²) in [5.41, 5.74) is 8.34. The van der Waals surface area contributed by atoms with Gasteiger partial charge in [0.05, 0.1) is 16.5 Å². The number of fused-ring (bicyclic) bond motifs is 1. The molecule has 0 fully saturated rings. The Balaban J connectivity index is 2.15. The van der Waals surface area contributed by atoms with E-state index in [1.165, 1.54) is 0 Å². The summed E-state index contributed by atoms with van der Waals surface area (Å²) in [6.45, 7) is 0.435. The second kappa shape index (κ2) is 5.61. The fraction of sp³-hybridized carbons (Fsp3) is 0.0667. The zero-order valence-electron chi connectivity index (χ0n) is 10.9. The molecule has 1 aromatic carbocycles. The molecule has 2 aromatic heterocycles. The number of nitrogens with zero attached hydrogens (tertiary/aromatic N) is 2. The lowest BCUT2D eigenvalue weighted by Gasteiger charge is -2.10. The van der Waals surface area contributed by atoms with Gasteiger partial charge in [-0.05, 0) is 61.7 Å². The average Bonchev–Trinajstić information content (AvgIpc) is 2.47. The highest BCUT2D eigenvalue weighted by Gasteiger charge is 2.08.